The standard InChI is InChI=1S/C17H28N2O/c1-14(2)7-9-18-11-17(20)13-19-10-8-15-5-3-4-6-16(15)12-19/h3-6,14,17-18,20H,7-13H2,1-2H3. The van der Waals surface area contributed by atoms with Crippen molar-refractivity contribution in [1.82, 2.24) is 10.2 Å². The van der Waals surface area contributed by atoms with Gasteiger partial charge in [0, 0.05) is 26.2 Å². The van der Waals surface area contributed by atoms with Crippen LogP contribution in [0.3, 0.4) is 0 Å². The average Bonchev–Trinajstić information content (AvgIpc) is 2.43. The smallest absolute Gasteiger partial charge is 0.0791 e. The number of nitrogens with zero attached hydrogens (tertiary/aromatic N) is 1. The first-order chi connectivity index (χ1) is 9.65. The van der Waals surface area contributed by atoms with E-state index in [9.17, 15) is 5.11 Å². The highest BCUT2D eigenvalue weighted by molar-refractivity contribution is 5.29. The minimum Gasteiger partial charge on any atom is -0.390 e. The molecule has 2 rings (SSSR count). The molecule has 0 saturated carbocycles. The van der Waals surface area contributed by atoms with Crippen molar-refractivity contribution in [1.29, 1.82) is 0 Å². The molecule has 1 aliphatic rings. The molecule has 0 radical (unpaired) electrons. The summed E-state index contributed by atoms with van der Waals surface area (Å²) in [5.74, 6) is 0.721. The van der Waals surface area contributed by atoms with Crippen molar-refractivity contribution in [3.05, 3.63) is 35.4 Å². The highest BCUT2D eigenvalue weighted by Gasteiger charge is 2.17. The summed E-state index contributed by atoms with van der Waals surface area (Å²) in [6.07, 6.45) is 2.00. The summed E-state index contributed by atoms with van der Waals surface area (Å²) in [4.78, 5) is 2.36. The summed E-state index contributed by atoms with van der Waals surface area (Å²) >= 11 is 0. The lowest BCUT2D eigenvalue weighted by molar-refractivity contribution is 0.104. The lowest BCUT2D eigenvalue weighted by atomic mass is 10.00. The second kappa shape index (κ2) is 7.77. The van der Waals surface area contributed by atoms with Crippen LogP contribution in [-0.2, 0) is 13.0 Å². The first-order valence-corrected chi connectivity index (χ1v) is 7.83. The normalized spacial score (nSPS) is 17.2. The van der Waals surface area contributed by atoms with Gasteiger partial charge in [-0.3, -0.25) is 4.90 Å². The fourth-order valence-corrected chi connectivity index (χ4v) is 2.73. The molecule has 0 fully saturated rings. The van der Waals surface area contributed by atoms with Crippen molar-refractivity contribution < 1.29 is 5.11 Å². The van der Waals surface area contributed by atoms with Crippen molar-refractivity contribution >= 4 is 0 Å². The summed E-state index contributed by atoms with van der Waals surface area (Å²) in [5.41, 5.74) is 2.88. The number of fused-ring (bicyclic) bond motifs is 1. The van der Waals surface area contributed by atoms with Crippen LogP contribution < -0.4 is 5.32 Å². The van der Waals surface area contributed by atoms with Gasteiger partial charge in [0.15, 0.2) is 0 Å². The van der Waals surface area contributed by atoms with Gasteiger partial charge in [-0.15, -0.1) is 0 Å². The van der Waals surface area contributed by atoms with E-state index in [1.165, 1.54) is 17.5 Å². The topological polar surface area (TPSA) is 35.5 Å². The van der Waals surface area contributed by atoms with E-state index in [1.807, 2.05) is 0 Å². The number of rotatable bonds is 7. The molecular formula is C17H28N2O. The van der Waals surface area contributed by atoms with Gasteiger partial charge in [-0.25, -0.2) is 0 Å². The van der Waals surface area contributed by atoms with Crippen molar-refractivity contribution in [2.45, 2.75) is 39.3 Å². The summed E-state index contributed by atoms with van der Waals surface area (Å²) in [5, 5.41) is 13.5. The van der Waals surface area contributed by atoms with Crippen molar-refractivity contribution in [3.63, 3.8) is 0 Å². The molecule has 1 atom stereocenters. The quantitative estimate of drug-likeness (QED) is 0.748. The molecule has 1 aliphatic heterocycles. The van der Waals surface area contributed by atoms with Gasteiger partial charge in [0.05, 0.1) is 6.10 Å². The van der Waals surface area contributed by atoms with Crippen LogP contribution in [0.25, 0.3) is 0 Å². The lowest BCUT2D eigenvalue weighted by Crippen LogP contribution is -2.41. The second-order valence-corrected chi connectivity index (χ2v) is 6.29. The monoisotopic (exact) mass is 276 g/mol. The zero-order valence-electron chi connectivity index (χ0n) is 12.8. The molecular weight excluding hydrogens is 248 g/mol. The second-order valence-electron chi connectivity index (χ2n) is 6.29. The molecule has 0 aromatic heterocycles. The molecule has 0 aliphatic carbocycles. The Kier molecular flexibility index (Phi) is 6.02. The zero-order valence-corrected chi connectivity index (χ0v) is 12.8. The zero-order chi connectivity index (χ0) is 14.4. The molecule has 0 bridgehead atoms. The molecule has 3 nitrogen and oxygen atoms in total. The highest BCUT2D eigenvalue weighted by atomic mass is 16.3. The van der Waals surface area contributed by atoms with Gasteiger partial charge in [0.25, 0.3) is 0 Å². The Balaban J connectivity index is 1.69. The van der Waals surface area contributed by atoms with E-state index < -0.39 is 0 Å². The molecule has 0 saturated heterocycles. The summed E-state index contributed by atoms with van der Waals surface area (Å²) in [7, 11) is 0. The molecule has 0 spiro atoms. The van der Waals surface area contributed by atoms with Crippen LogP contribution in [0, 0.1) is 5.92 Å². The van der Waals surface area contributed by atoms with Crippen LogP contribution in [0.5, 0.6) is 0 Å². The average molecular weight is 276 g/mol. The van der Waals surface area contributed by atoms with Crippen molar-refractivity contribution in [2.24, 2.45) is 5.92 Å². The first-order valence-electron chi connectivity index (χ1n) is 7.83. The number of aliphatic hydroxyl groups is 1. The Labute approximate surface area is 123 Å². The van der Waals surface area contributed by atoms with Gasteiger partial charge < -0.3 is 10.4 Å². The number of hydrogen-bond donors (Lipinski definition) is 2. The molecule has 3 heteroatoms. The maximum Gasteiger partial charge on any atom is 0.0791 e. The molecule has 1 heterocycles. The maximum atomic E-state index is 10.1. The SMILES string of the molecule is CC(C)CCNCC(O)CN1CCc2ccccc2C1. The minimum absolute atomic E-state index is 0.271. The highest BCUT2D eigenvalue weighted by Crippen LogP contribution is 2.18. The number of benzene rings is 1. The number of hydrogen-bond acceptors (Lipinski definition) is 3. The van der Waals surface area contributed by atoms with Crippen molar-refractivity contribution in [2.75, 3.05) is 26.2 Å². The Morgan fingerprint density at radius 1 is 1.25 bits per heavy atom. The van der Waals surface area contributed by atoms with Crippen LogP contribution in [0.1, 0.15) is 31.4 Å². The van der Waals surface area contributed by atoms with Crippen LogP contribution in [0.2, 0.25) is 0 Å². The van der Waals surface area contributed by atoms with E-state index in [4.69, 9.17) is 0 Å². The van der Waals surface area contributed by atoms with Crippen molar-refractivity contribution in [3.8, 4) is 0 Å². The Hall–Kier alpha value is -0.900. The van der Waals surface area contributed by atoms with Gasteiger partial charge in [-0.2, -0.15) is 0 Å². The fourth-order valence-electron chi connectivity index (χ4n) is 2.73. The summed E-state index contributed by atoms with van der Waals surface area (Å²) < 4.78 is 0. The van der Waals surface area contributed by atoms with E-state index in [2.05, 4.69) is 48.3 Å². The van der Waals surface area contributed by atoms with E-state index in [0.717, 1.165) is 38.5 Å². The first kappa shape index (κ1) is 15.5. The predicted molar refractivity (Wildman–Crippen MR) is 83.8 cm³/mol. The Bertz CT molecular complexity index is 406. The number of aliphatic hydroxyl groups excluding tert-OH is 1. The van der Waals surface area contributed by atoms with Crippen LogP contribution >= 0.6 is 0 Å². The maximum absolute atomic E-state index is 10.1. The van der Waals surface area contributed by atoms with Gasteiger partial charge in [0.2, 0.25) is 0 Å². The van der Waals surface area contributed by atoms with Gasteiger partial charge >= 0.3 is 0 Å². The van der Waals surface area contributed by atoms with Gasteiger partial charge in [-0.05, 0) is 36.4 Å². The van der Waals surface area contributed by atoms with Crippen LogP contribution in [-0.4, -0.2) is 42.3 Å². The lowest BCUT2D eigenvalue weighted by Gasteiger charge is -2.30. The Morgan fingerprint density at radius 2 is 2.00 bits per heavy atom. The molecule has 0 amide bonds. The van der Waals surface area contributed by atoms with E-state index in [1.54, 1.807) is 0 Å². The predicted octanol–water partition coefficient (Wildman–Crippen LogP) is 2.04. The largest absolute Gasteiger partial charge is 0.390 e. The minimum atomic E-state index is -0.271. The van der Waals surface area contributed by atoms with Gasteiger partial charge in [0.1, 0.15) is 0 Å². The summed E-state index contributed by atoms with van der Waals surface area (Å²) in [6, 6.07) is 8.64. The molecule has 1 unspecified atom stereocenters. The number of β-amino-alcohol motifs (C(OH)–C–C–N with tert-alkyl or cyclic N) is 1. The number of nitrogens with one attached hydrogen (secondary N) is 1. The third-order valence-corrected chi connectivity index (χ3v) is 3.96. The molecule has 20 heavy (non-hydrogen) atoms. The fraction of sp³-hybridized carbons (Fsp3) is 0.647. The molecule has 1 aromatic carbocycles. The molecule has 1 aromatic rings. The van der Waals surface area contributed by atoms with Crippen LogP contribution in [0.4, 0.5) is 0 Å². The van der Waals surface area contributed by atoms with E-state index in [0.29, 0.717) is 6.54 Å². The third-order valence-electron chi connectivity index (χ3n) is 3.96. The van der Waals surface area contributed by atoms with E-state index >= 15 is 0 Å². The van der Waals surface area contributed by atoms with Crippen LogP contribution in [0.15, 0.2) is 24.3 Å². The third kappa shape index (κ3) is 4.89. The Morgan fingerprint density at radius 3 is 2.75 bits per heavy atom. The summed E-state index contributed by atoms with van der Waals surface area (Å²) in [6.45, 7) is 8.94. The molecule has 112 valence electrons. The van der Waals surface area contributed by atoms with Gasteiger partial charge in [-0.1, -0.05) is 38.1 Å². The van der Waals surface area contributed by atoms with E-state index in [-0.39, 0.29) is 6.10 Å². The molecule has 2 N–H and O–H groups in total.